The van der Waals surface area contributed by atoms with E-state index in [9.17, 15) is 0 Å². The maximum Gasteiger partial charge on any atom is 0.152 e. The van der Waals surface area contributed by atoms with E-state index in [1.165, 1.54) is 0 Å². The number of nitrogens with one attached hydrogen (secondary N) is 1. The number of nitrogens with two attached hydrogens (primary N) is 1. The summed E-state index contributed by atoms with van der Waals surface area (Å²) in [7, 11) is 1.99. The van der Waals surface area contributed by atoms with Crippen LogP contribution in [-0.2, 0) is 0 Å². The molecule has 0 heterocycles. The van der Waals surface area contributed by atoms with Crippen molar-refractivity contribution in [2.24, 2.45) is 10.8 Å². The highest BCUT2D eigenvalue weighted by Gasteiger charge is 2.03. The summed E-state index contributed by atoms with van der Waals surface area (Å²) >= 11 is 0. The van der Waals surface area contributed by atoms with Gasteiger partial charge in [-0.15, -0.1) is 0 Å². The highest BCUT2D eigenvalue weighted by molar-refractivity contribution is 5.76. The minimum atomic E-state index is 0.503. The van der Waals surface area contributed by atoms with Crippen molar-refractivity contribution in [1.29, 1.82) is 0 Å². The Labute approximate surface area is 56.5 Å². The summed E-state index contributed by atoms with van der Waals surface area (Å²) in [6.07, 6.45) is 0. The van der Waals surface area contributed by atoms with Crippen LogP contribution in [-0.4, -0.2) is 18.9 Å². The van der Waals surface area contributed by atoms with Gasteiger partial charge in [-0.05, 0) is 20.8 Å². The van der Waals surface area contributed by atoms with Crippen molar-refractivity contribution in [1.82, 2.24) is 0 Å². The van der Waals surface area contributed by atoms with Gasteiger partial charge in [0.05, 0.1) is 7.05 Å². The van der Waals surface area contributed by atoms with Crippen molar-refractivity contribution in [3.63, 3.8) is 0 Å². The van der Waals surface area contributed by atoms with Crippen molar-refractivity contribution < 1.29 is 5.01 Å². The Morgan fingerprint density at radius 2 is 2.00 bits per heavy atom. The largest absolute Gasteiger partial charge is 0.383 e. The third-order valence-corrected chi connectivity index (χ3v) is 1.19. The van der Waals surface area contributed by atoms with Crippen LogP contribution in [0.1, 0.15) is 20.8 Å². The van der Waals surface area contributed by atoms with Crippen LogP contribution in [0.2, 0.25) is 0 Å². The molecule has 0 spiro atoms. The first-order valence-corrected chi connectivity index (χ1v) is 3.18. The van der Waals surface area contributed by atoms with Gasteiger partial charge in [-0.3, -0.25) is 0 Å². The van der Waals surface area contributed by atoms with Gasteiger partial charge in [-0.1, -0.05) is 5.10 Å². The molecule has 0 fully saturated rings. The highest BCUT2D eigenvalue weighted by atomic mass is 15.5. The van der Waals surface area contributed by atoms with Gasteiger partial charge in [0.25, 0.3) is 0 Å². The lowest BCUT2D eigenvalue weighted by atomic mass is 10.4. The monoisotopic (exact) mass is 130 g/mol. The minimum absolute atomic E-state index is 0.503. The van der Waals surface area contributed by atoms with Gasteiger partial charge in [-0.2, -0.15) is 0 Å². The maximum absolute atomic E-state index is 5.36. The number of quaternary nitrogens is 1. The van der Waals surface area contributed by atoms with E-state index in [-0.39, 0.29) is 0 Å². The molecule has 0 aromatic heterocycles. The van der Waals surface area contributed by atoms with Gasteiger partial charge in [0.2, 0.25) is 0 Å². The molecule has 1 atom stereocenters. The molecule has 3 heteroatoms. The normalized spacial score (nSPS) is 16.3. The molecule has 0 rings (SSSR count). The fourth-order valence-electron chi connectivity index (χ4n) is 0.407. The van der Waals surface area contributed by atoms with Crippen LogP contribution >= 0.6 is 0 Å². The molecule has 0 aromatic carbocycles. The van der Waals surface area contributed by atoms with Crippen molar-refractivity contribution in [2.75, 3.05) is 7.05 Å². The Bertz CT molecular complexity index is 103. The van der Waals surface area contributed by atoms with E-state index in [1.807, 2.05) is 7.05 Å². The van der Waals surface area contributed by atoms with Gasteiger partial charge in [0.15, 0.2) is 5.84 Å². The Kier molecular flexibility index (Phi) is 3.24. The molecule has 0 saturated carbocycles. The molecule has 0 aliphatic rings. The molecular formula is C6H16N3+. The molecule has 1 unspecified atom stereocenters. The standard InChI is InChI=1S/C6H15N3/c1-5(2)9(4)8-6(3)7/h5H,1-4H3,(H2,7,8)/p+1. The molecule has 0 aliphatic heterocycles. The smallest absolute Gasteiger partial charge is 0.152 e. The van der Waals surface area contributed by atoms with E-state index in [0.29, 0.717) is 11.9 Å². The zero-order valence-corrected chi connectivity index (χ0v) is 6.60. The number of nitrogens with zero attached hydrogens (tertiary/aromatic N) is 1. The molecule has 0 radical (unpaired) electrons. The first-order chi connectivity index (χ1) is 4.04. The first kappa shape index (κ1) is 8.43. The summed E-state index contributed by atoms with van der Waals surface area (Å²) in [5.74, 6) is 0.640. The summed E-state index contributed by atoms with van der Waals surface area (Å²) in [6.45, 7) is 6.00. The molecule has 0 aromatic rings. The second-order valence-corrected chi connectivity index (χ2v) is 2.55. The highest BCUT2D eigenvalue weighted by Crippen LogP contribution is 1.65. The lowest BCUT2D eigenvalue weighted by Crippen LogP contribution is -3.07. The Morgan fingerprint density at radius 3 is 2.11 bits per heavy atom. The Hall–Kier alpha value is -0.570. The Balaban J connectivity index is 3.76. The number of hydrogen-bond donors (Lipinski definition) is 2. The van der Waals surface area contributed by atoms with E-state index in [4.69, 9.17) is 5.73 Å². The fraction of sp³-hybridized carbons (Fsp3) is 0.833. The predicted molar refractivity (Wildman–Crippen MR) is 39.3 cm³/mol. The molecule has 0 bridgehead atoms. The van der Waals surface area contributed by atoms with E-state index in [1.54, 1.807) is 6.92 Å². The van der Waals surface area contributed by atoms with E-state index >= 15 is 0 Å². The quantitative estimate of drug-likeness (QED) is 0.287. The van der Waals surface area contributed by atoms with Crippen LogP contribution in [0.15, 0.2) is 5.10 Å². The molecule has 0 aliphatic carbocycles. The van der Waals surface area contributed by atoms with Gasteiger partial charge < -0.3 is 5.73 Å². The zero-order valence-electron chi connectivity index (χ0n) is 6.60. The van der Waals surface area contributed by atoms with Crippen LogP contribution in [0, 0.1) is 0 Å². The van der Waals surface area contributed by atoms with Crippen molar-refractivity contribution in [3.05, 3.63) is 0 Å². The minimum Gasteiger partial charge on any atom is -0.383 e. The molecule has 3 N–H and O–H groups in total. The summed E-state index contributed by atoms with van der Waals surface area (Å²) < 4.78 is 0. The van der Waals surface area contributed by atoms with E-state index in [0.717, 1.165) is 5.01 Å². The third-order valence-electron chi connectivity index (χ3n) is 1.19. The van der Waals surface area contributed by atoms with Gasteiger partial charge >= 0.3 is 0 Å². The maximum atomic E-state index is 5.36. The lowest BCUT2D eigenvalue weighted by molar-refractivity contribution is -0.908. The summed E-state index contributed by atoms with van der Waals surface area (Å²) in [4.78, 5) is 0. The average molecular weight is 130 g/mol. The zero-order chi connectivity index (χ0) is 7.44. The van der Waals surface area contributed by atoms with Crippen LogP contribution in [0.25, 0.3) is 0 Å². The van der Waals surface area contributed by atoms with Crippen LogP contribution in [0.5, 0.6) is 0 Å². The van der Waals surface area contributed by atoms with E-state index in [2.05, 4.69) is 18.9 Å². The third kappa shape index (κ3) is 3.97. The predicted octanol–water partition coefficient (Wildman–Crippen LogP) is -0.798. The summed E-state index contributed by atoms with van der Waals surface area (Å²) in [5, 5.41) is 5.18. The molecule has 0 amide bonds. The second kappa shape index (κ2) is 3.45. The second-order valence-electron chi connectivity index (χ2n) is 2.55. The number of rotatable bonds is 2. The van der Waals surface area contributed by atoms with Gasteiger partial charge in [-0.25, -0.2) is 5.01 Å². The van der Waals surface area contributed by atoms with Crippen LogP contribution < -0.4 is 10.7 Å². The SMILES string of the molecule is C/C(N)=N/[NH+](C)C(C)C. The molecule has 3 nitrogen and oxygen atoms in total. The van der Waals surface area contributed by atoms with Gasteiger partial charge in [0, 0.05) is 0 Å². The van der Waals surface area contributed by atoms with Crippen LogP contribution in [0.4, 0.5) is 0 Å². The Morgan fingerprint density at radius 1 is 1.56 bits per heavy atom. The average Bonchev–Trinajstić information content (AvgIpc) is 1.63. The lowest BCUT2D eigenvalue weighted by Gasteiger charge is -2.09. The topological polar surface area (TPSA) is 42.8 Å². The molecular weight excluding hydrogens is 114 g/mol. The molecule has 9 heavy (non-hydrogen) atoms. The molecule has 0 saturated heterocycles. The van der Waals surface area contributed by atoms with Gasteiger partial charge in [0.1, 0.15) is 6.04 Å². The number of amidine groups is 1. The van der Waals surface area contributed by atoms with Crippen molar-refractivity contribution in [2.45, 2.75) is 26.8 Å². The van der Waals surface area contributed by atoms with Crippen LogP contribution in [0.3, 0.4) is 0 Å². The fourth-order valence-corrected chi connectivity index (χ4v) is 0.407. The van der Waals surface area contributed by atoms with E-state index < -0.39 is 0 Å². The summed E-state index contributed by atoms with van der Waals surface area (Å²) in [6, 6.07) is 0.503. The first-order valence-electron chi connectivity index (χ1n) is 3.18. The number of hydrogen-bond acceptors (Lipinski definition) is 1. The van der Waals surface area contributed by atoms with Crippen molar-refractivity contribution in [3.8, 4) is 0 Å². The molecule has 54 valence electrons. The summed E-state index contributed by atoms with van der Waals surface area (Å²) in [5.41, 5.74) is 5.36. The van der Waals surface area contributed by atoms with Crippen molar-refractivity contribution >= 4 is 5.84 Å².